The van der Waals surface area contributed by atoms with Gasteiger partial charge in [-0.2, -0.15) is 0 Å². The lowest BCUT2D eigenvalue weighted by atomic mass is 9.87. The van der Waals surface area contributed by atoms with Crippen molar-refractivity contribution in [1.29, 1.82) is 0 Å². The van der Waals surface area contributed by atoms with Crippen molar-refractivity contribution in [2.75, 3.05) is 37.6 Å². The highest BCUT2D eigenvalue weighted by Crippen LogP contribution is 2.29. The van der Waals surface area contributed by atoms with Gasteiger partial charge in [0, 0.05) is 39.1 Å². The zero-order valence-corrected chi connectivity index (χ0v) is 17.0. The molecule has 1 fully saturated rings. The van der Waals surface area contributed by atoms with Crippen LogP contribution in [0, 0.1) is 0 Å². The molecule has 1 N–H and O–H groups in total. The second kappa shape index (κ2) is 8.97. The lowest BCUT2D eigenvalue weighted by Gasteiger charge is -2.36. The molecule has 0 spiro atoms. The number of piperazine rings is 1. The average Bonchev–Trinajstić information content (AvgIpc) is 2.73. The van der Waals surface area contributed by atoms with E-state index in [4.69, 9.17) is 11.6 Å². The molecule has 148 valence electrons. The molecule has 1 aliphatic heterocycles. The Kier molecular flexibility index (Phi) is 6.18. The smallest absolute Gasteiger partial charge is 0.221 e. The van der Waals surface area contributed by atoms with Crippen LogP contribution >= 0.6 is 11.6 Å². The third kappa shape index (κ3) is 4.50. The van der Waals surface area contributed by atoms with Gasteiger partial charge in [-0.25, -0.2) is 0 Å². The fourth-order valence-corrected chi connectivity index (χ4v) is 4.61. The number of hydrogen-bond acceptors (Lipinski definition) is 3. The number of amides is 1. The highest BCUT2D eigenvalue weighted by atomic mass is 35.5. The zero-order valence-electron chi connectivity index (χ0n) is 16.2. The molecule has 1 unspecified atom stereocenters. The van der Waals surface area contributed by atoms with Crippen LogP contribution < -0.4 is 10.2 Å². The van der Waals surface area contributed by atoms with Crippen LogP contribution in [-0.2, 0) is 11.2 Å². The molecule has 0 bridgehead atoms. The molecule has 1 amide bonds. The van der Waals surface area contributed by atoms with Crippen LogP contribution in [0.2, 0.25) is 5.02 Å². The van der Waals surface area contributed by atoms with Gasteiger partial charge in [-0.15, -0.1) is 0 Å². The molecule has 2 aromatic rings. The maximum Gasteiger partial charge on any atom is 0.221 e. The lowest BCUT2D eigenvalue weighted by molar-refractivity contribution is -0.122. The van der Waals surface area contributed by atoms with E-state index in [1.54, 1.807) is 0 Å². The molecule has 4 rings (SSSR count). The Labute approximate surface area is 172 Å². The molecule has 5 heteroatoms. The van der Waals surface area contributed by atoms with E-state index in [0.29, 0.717) is 6.42 Å². The summed E-state index contributed by atoms with van der Waals surface area (Å²) in [7, 11) is 0. The Bertz CT molecular complexity index is 817. The van der Waals surface area contributed by atoms with E-state index < -0.39 is 0 Å². The third-order valence-electron chi connectivity index (χ3n) is 5.93. The second-order valence-electron chi connectivity index (χ2n) is 7.74. The van der Waals surface area contributed by atoms with Crippen molar-refractivity contribution in [1.82, 2.24) is 10.2 Å². The number of hydrogen-bond donors (Lipinski definition) is 1. The molecule has 0 aromatic heterocycles. The monoisotopic (exact) mass is 397 g/mol. The number of fused-ring (bicyclic) bond motifs is 1. The minimum absolute atomic E-state index is 0.162. The van der Waals surface area contributed by atoms with E-state index in [1.165, 1.54) is 11.1 Å². The fraction of sp³-hybridized carbons (Fsp3) is 0.435. The summed E-state index contributed by atoms with van der Waals surface area (Å²) in [6.07, 6.45) is 3.87. The summed E-state index contributed by atoms with van der Waals surface area (Å²) in [5, 5.41) is 4.07. The number of benzene rings is 2. The molecular weight excluding hydrogens is 370 g/mol. The average molecular weight is 398 g/mol. The zero-order chi connectivity index (χ0) is 19.3. The molecule has 1 heterocycles. The minimum Gasteiger partial charge on any atom is -0.368 e. The lowest BCUT2D eigenvalue weighted by Crippen LogP contribution is -2.47. The Morgan fingerprint density at radius 2 is 1.79 bits per heavy atom. The quantitative estimate of drug-likeness (QED) is 0.826. The second-order valence-corrected chi connectivity index (χ2v) is 8.15. The van der Waals surface area contributed by atoms with Gasteiger partial charge >= 0.3 is 0 Å². The van der Waals surface area contributed by atoms with Gasteiger partial charge < -0.3 is 10.2 Å². The summed E-state index contributed by atoms with van der Waals surface area (Å²) >= 11 is 6.32. The number of anilines is 1. The van der Waals surface area contributed by atoms with Crippen LogP contribution in [0.5, 0.6) is 0 Å². The molecule has 28 heavy (non-hydrogen) atoms. The Morgan fingerprint density at radius 3 is 2.61 bits per heavy atom. The number of nitrogens with zero attached hydrogens (tertiary/aromatic N) is 2. The molecule has 1 aliphatic carbocycles. The van der Waals surface area contributed by atoms with Crippen LogP contribution in [0.3, 0.4) is 0 Å². The first-order valence-electron chi connectivity index (χ1n) is 10.3. The van der Waals surface area contributed by atoms with Gasteiger partial charge in [-0.1, -0.05) is 48.0 Å². The van der Waals surface area contributed by atoms with Gasteiger partial charge in [0.2, 0.25) is 5.91 Å². The predicted octanol–water partition coefficient (Wildman–Crippen LogP) is 4.05. The third-order valence-corrected chi connectivity index (χ3v) is 6.24. The van der Waals surface area contributed by atoms with Crippen LogP contribution in [0.25, 0.3) is 0 Å². The van der Waals surface area contributed by atoms with Crippen LogP contribution in [0.15, 0.2) is 48.5 Å². The van der Waals surface area contributed by atoms with Gasteiger partial charge in [-0.3, -0.25) is 9.69 Å². The van der Waals surface area contributed by atoms with Gasteiger partial charge in [0.15, 0.2) is 0 Å². The topological polar surface area (TPSA) is 35.6 Å². The Hall–Kier alpha value is -2.04. The van der Waals surface area contributed by atoms with Gasteiger partial charge in [0.1, 0.15) is 0 Å². The molecule has 4 nitrogen and oxygen atoms in total. The van der Waals surface area contributed by atoms with Crippen molar-refractivity contribution < 1.29 is 4.79 Å². The summed E-state index contributed by atoms with van der Waals surface area (Å²) in [5.74, 6) is 0.162. The summed E-state index contributed by atoms with van der Waals surface area (Å²) in [6, 6.07) is 16.7. The summed E-state index contributed by atoms with van der Waals surface area (Å²) < 4.78 is 0. The number of rotatable bonds is 5. The molecule has 0 saturated carbocycles. The van der Waals surface area contributed by atoms with E-state index in [9.17, 15) is 4.79 Å². The van der Waals surface area contributed by atoms with Crippen LogP contribution in [0.1, 0.15) is 36.4 Å². The van der Waals surface area contributed by atoms with Crippen LogP contribution in [0.4, 0.5) is 5.69 Å². The SMILES string of the molecule is O=C(CCN1CCN(c2ccccc2Cl)CC1)NC1CCCc2ccccc21. The van der Waals surface area contributed by atoms with E-state index >= 15 is 0 Å². The number of para-hydroxylation sites is 1. The van der Waals surface area contributed by atoms with Gasteiger partial charge in [0.25, 0.3) is 0 Å². The van der Waals surface area contributed by atoms with Crippen molar-refractivity contribution in [2.45, 2.75) is 31.7 Å². The van der Waals surface area contributed by atoms with E-state index in [0.717, 1.165) is 62.7 Å². The predicted molar refractivity (Wildman–Crippen MR) is 115 cm³/mol. The first-order chi connectivity index (χ1) is 13.7. The molecular formula is C23H28ClN3O. The molecule has 1 atom stereocenters. The number of nitrogens with one attached hydrogen (secondary N) is 1. The largest absolute Gasteiger partial charge is 0.368 e. The van der Waals surface area contributed by atoms with Gasteiger partial charge in [0.05, 0.1) is 16.8 Å². The van der Waals surface area contributed by atoms with E-state index in [-0.39, 0.29) is 11.9 Å². The number of carbonyl (C=O) groups excluding carboxylic acids is 1. The molecule has 1 saturated heterocycles. The molecule has 2 aromatic carbocycles. The fourth-order valence-electron chi connectivity index (χ4n) is 4.35. The van der Waals surface area contributed by atoms with Crippen molar-refractivity contribution in [3.8, 4) is 0 Å². The summed E-state index contributed by atoms with van der Waals surface area (Å²) in [6.45, 7) is 4.63. The first-order valence-corrected chi connectivity index (χ1v) is 10.7. The number of halogens is 1. The Balaban J connectivity index is 1.24. The van der Waals surface area contributed by atoms with Gasteiger partial charge in [-0.05, 0) is 42.5 Å². The van der Waals surface area contributed by atoms with Crippen molar-refractivity contribution in [3.63, 3.8) is 0 Å². The Morgan fingerprint density at radius 1 is 1.04 bits per heavy atom. The molecule has 2 aliphatic rings. The standard InChI is InChI=1S/C23H28ClN3O/c24-20-9-3-4-11-22(20)27-16-14-26(15-17-27)13-12-23(28)25-21-10-5-7-18-6-1-2-8-19(18)21/h1-4,6,8-9,11,21H,5,7,10,12-17H2,(H,25,28). The first kappa shape index (κ1) is 19.3. The maximum atomic E-state index is 12.5. The maximum absolute atomic E-state index is 12.5. The van der Waals surface area contributed by atoms with Crippen molar-refractivity contribution >= 4 is 23.2 Å². The van der Waals surface area contributed by atoms with Crippen LogP contribution in [-0.4, -0.2) is 43.5 Å². The normalized spacial score (nSPS) is 19.9. The molecule has 0 radical (unpaired) electrons. The highest BCUT2D eigenvalue weighted by Gasteiger charge is 2.22. The summed E-state index contributed by atoms with van der Waals surface area (Å²) in [5.41, 5.74) is 3.79. The number of aryl methyl sites for hydroxylation is 1. The van der Waals surface area contributed by atoms with Crippen molar-refractivity contribution in [2.24, 2.45) is 0 Å². The highest BCUT2D eigenvalue weighted by molar-refractivity contribution is 6.33. The minimum atomic E-state index is 0.162. The number of carbonyl (C=O) groups is 1. The van der Waals surface area contributed by atoms with E-state index in [1.807, 2.05) is 18.2 Å². The van der Waals surface area contributed by atoms with Crippen molar-refractivity contribution in [3.05, 3.63) is 64.7 Å². The van der Waals surface area contributed by atoms with E-state index in [2.05, 4.69) is 45.4 Å². The summed E-state index contributed by atoms with van der Waals surface area (Å²) in [4.78, 5) is 17.2.